The van der Waals surface area contributed by atoms with E-state index in [2.05, 4.69) is 14.9 Å². The SMILES string of the molecule is O=C(CCSc1nc(-c2ccco2)cc(C(F)(F)F)n1)N1CCN(c2ccc(Cl)cc2)CC1. The molecule has 33 heavy (non-hydrogen) atoms. The number of nitrogens with zero attached hydrogens (tertiary/aromatic N) is 4. The van der Waals surface area contributed by atoms with Gasteiger partial charge in [-0.15, -0.1) is 0 Å². The van der Waals surface area contributed by atoms with E-state index in [1.54, 1.807) is 11.0 Å². The van der Waals surface area contributed by atoms with Gasteiger partial charge in [-0.1, -0.05) is 23.4 Å². The molecule has 0 unspecified atom stereocenters. The topological polar surface area (TPSA) is 62.5 Å². The number of hydrogen-bond donors (Lipinski definition) is 0. The van der Waals surface area contributed by atoms with Crippen LogP contribution in [-0.4, -0.2) is 52.7 Å². The van der Waals surface area contributed by atoms with Gasteiger partial charge in [0.15, 0.2) is 10.9 Å². The van der Waals surface area contributed by atoms with Gasteiger partial charge in [-0.3, -0.25) is 4.79 Å². The van der Waals surface area contributed by atoms with Crippen molar-refractivity contribution in [1.29, 1.82) is 0 Å². The van der Waals surface area contributed by atoms with E-state index in [1.807, 2.05) is 24.3 Å². The molecule has 6 nitrogen and oxygen atoms in total. The van der Waals surface area contributed by atoms with Gasteiger partial charge in [0.1, 0.15) is 11.4 Å². The maximum Gasteiger partial charge on any atom is 0.433 e. The number of halogens is 4. The predicted octanol–water partition coefficient (Wildman–Crippen LogP) is 5.24. The number of carbonyl (C=O) groups excluding carboxylic acids is 1. The Labute approximate surface area is 197 Å². The lowest BCUT2D eigenvalue weighted by molar-refractivity contribution is -0.141. The highest BCUT2D eigenvalue weighted by molar-refractivity contribution is 7.99. The zero-order valence-electron chi connectivity index (χ0n) is 17.4. The lowest BCUT2D eigenvalue weighted by atomic mass is 10.2. The van der Waals surface area contributed by atoms with Gasteiger partial charge in [-0.2, -0.15) is 13.2 Å². The average molecular weight is 497 g/mol. The Morgan fingerprint density at radius 3 is 2.45 bits per heavy atom. The van der Waals surface area contributed by atoms with E-state index in [4.69, 9.17) is 16.0 Å². The minimum atomic E-state index is -4.61. The van der Waals surface area contributed by atoms with Crippen molar-refractivity contribution in [2.45, 2.75) is 17.8 Å². The van der Waals surface area contributed by atoms with Crippen LogP contribution in [0.2, 0.25) is 5.02 Å². The van der Waals surface area contributed by atoms with Crippen LogP contribution in [0.4, 0.5) is 18.9 Å². The second-order valence-corrected chi connectivity index (χ2v) is 8.84. The third-order valence-electron chi connectivity index (χ3n) is 5.14. The molecule has 1 saturated heterocycles. The van der Waals surface area contributed by atoms with Crippen molar-refractivity contribution in [3.05, 3.63) is 59.4 Å². The maximum atomic E-state index is 13.3. The third kappa shape index (κ3) is 6.00. The molecule has 0 aliphatic carbocycles. The largest absolute Gasteiger partial charge is 0.463 e. The fraction of sp³-hybridized carbons (Fsp3) is 0.318. The molecule has 11 heteroatoms. The summed E-state index contributed by atoms with van der Waals surface area (Å²) in [5, 5.41) is 0.627. The van der Waals surface area contributed by atoms with E-state index in [0.29, 0.717) is 31.2 Å². The van der Waals surface area contributed by atoms with E-state index in [0.717, 1.165) is 23.5 Å². The number of aromatic nitrogens is 2. The summed E-state index contributed by atoms with van der Waals surface area (Å²) in [5.74, 6) is 0.450. The van der Waals surface area contributed by atoms with Crippen molar-refractivity contribution in [3.8, 4) is 11.5 Å². The number of piperazine rings is 1. The zero-order chi connectivity index (χ0) is 23.4. The number of thioether (sulfide) groups is 1. The molecule has 3 aromatic rings. The molecule has 3 heterocycles. The smallest absolute Gasteiger partial charge is 0.433 e. The first-order valence-corrected chi connectivity index (χ1v) is 11.6. The summed E-state index contributed by atoms with van der Waals surface area (Å²) in [4.78, 5) is 24.3. The number of anilines is 1. The molecular formula is C22H20ClF3N4O2S. The van der Waals surface area contributed by atoms with Crippen molar-refractivity contribution >= 4 is 35.0 Å². The lowest BCUT2D eigenvalue weighted by Crippen LogP contribution is -2.48. The zero-order valence-corrected chi connectivity index (χ0v) is 19.0. The Balaban J connectivity index is 1.32. The Bertz CT molecular complexity index is 1090. The highest BCUT2D eigenvalue weighted by Crippen LogP contribution is 2.32. The Kier molecular flexibility index (Phi) is 7.14. The van der Waals surface area contributed by atoms with Gasteiger partial charge in [0, 0.05) is 49.1 Å². The molecule has 0 radical (unpaired) electrons. The summed E-state index contributed by atoms with van der Waals surface area (Å²) in [6, 6.07) is 11.5. The minimum absolute atomic E-state index is 0.0448. The molecule has 0 bridgehead atoms. The van der Waals surface area contributed by atoms with Crippen LogP contribution in [0.3, 0.4) is 0 Å². The molecule has 1 aliphatic heterocycles. The molecule has 1 fully saturated rings. The number of alkyl halides is 3. The van der Waals surface area contributed by atoms with Crippen molar-refractivity contribution in [1.82, 2.24) is 14.9 Å². The number of furan rings is 1. The molecule has 1 aromatic carbocycles. The molecular weight excluding hydrogens is 477 g/mol. The molecule has 2 aromatic heterocycles. The molecule has 1 amide bonds. The predicted molar refractivity (Wildman–Crippen MR) is 120 cm³/mol. The maximum absolute atomic E-state index is 13.3. The second-order valence-electron chi connectivity index (χ2n) is 7.34. The number of benzene rings is 1. The Morgan fingerprint density at radius 2 is 1.82 bits per heavy atom. The third-order valence-corrected chi connectivity index (χ3v) is 6.24. The van der Waals surface area contributed by atoms with Gasteiger partial charge in [0.25, 0.3) is 0 Å². The first kappa shape index (κ1) is 23.4. The quantitative estimate of drug-likeness (QED) is 0.343. The molecule has 0 N–H and O–H groups in total. The summed E-state index contributed by atoms with van der Waals surface area (Å²) >= 11 is 6.95. The van der Waals surface area contributed by atoms with E-state index in [1.165, 1.54) is 12.3 Å². The number of amides is 1. The molecule has 0 atom stereocenters. The number of rotatable bonds is 6. The summed E-state index contributed by atoms with van der Waals surface area (Å²) in [7, 11) is 0. The van der Waals surface area contributed by atoms with E-state index >= 15 is 0 Å². The van der Waals surface area contributed by atoms with Crippen molar-refractivity contribution in [3.63, 3.8) is 0 Å². The van der Waals surface area contributed by atoms with Crippen LogP contribution >= 0.6 is 23.4 Å². The van der Waals surface area contributed by atoms with Gasteiger partial charge < -0.3 is 14.2 Å². The highest BCUT2D eigenvalue weighted by Gasteiger charge is 2.34. The lowest BCUT2D eigenvalue weighted by Gasteiger charge is -2.36. The van der Waals surface area contributed by atoms with Crippen molar-refractivity contribution < 1.29 is 22.4 Å². The summed E-state index contributed by atoms with van der Waals surface area (Å²) in [6.07, 6.45) is -3.07. The van der Waals surface area contributed by atoms with Crippen LogP contribution in [0.5, 0.6) is 0 Å². The molecule has 174 valence electrons. The van der Waals surface area contributed by atoms with Crippen molar-refractivity contribution in [2.24, 2.45) is 0 Å². The highest BCUT2D eigenvalue weighted by atomic mass is 35.5. The fourth-order valence-corrected chi connectivity index (χ4v) is 4.35. The summed E-state index contributed by atoms with van der Waals surface area (Å²) in [5.41, 5.74) is 0.0571. The molecule has 0 spiro atoms. The van der Waals surface area contributed by atoms with Crippen LogP contribution in [0.15, 0.2) is 58.3 Å². The molecule has 4 rings (SSSR count). The number of hydrogen-bond acceptors (Lipinski definition) is 6. The Hall–Kier alpha value is -2.72. The van der Waals surface area contributed by atoms with Gasteiger partial charge in [-0.05, 0) is 42.5 Å². The number of carbonyl (C=O) groups is 1. The van der Waals surface area contributed by atoms with Gasteiger partial charge in [0.05, 0.1) is 6.26 Å². The second kappa shape index (κ2) is 10.0. The van der Waals surface area contributed by atoms with Crippen LogP contribution < -0.4 is 4.90 Å². The first-order chi connectivity index (χ1) is 15.8. The normalized spacial score (nSPS) is 14.5. The van der Waals surface area contributed by atoms with E-state index in [-0.39, 0.29) is 34.7 Å². The van der Waals surface area contributed by atoms with Crippen LogP contribution in [0.25, 0.3) is 11.5 Å². The van der Waals surface area contributed by atoms with E-state index in [9.17, 15) is 18.0 Å². The minimum Gasteiger partial charge on any atom is -0.463 e. The van der Waals surface area contributed by atoms with Crippen LogP contribution in [0, 0.1) is 0 Å². The first-order valence-electron chi connectivity index (χ1n) is 10.2. The molecule has 0 saturated carbocycles. The monoisotopic (exact) mass is 496 g/mol. The molecule has 1 aliphatic rings. The van der Waals surface area contributed by atoms with Gasteiger partial charge in [-0.25, -0.2) is 9.97 Å². The van der Waals surface area contributed by atoms with Gasteiger partial charge >= 0.3 is 6.18 Å². The van der Waals surface area contributed by atoms with Crippen molar-refractivity contribution in [2.75, 3.05) is 36.8 Å². The Morgan fingerprint density at radius 1 is 1.09 bits per heavy atom. The van der Waals surface area contributed by atoms with Crippen LogP contribution in [0.1, 0.15) is 12.1 Å². The average Bonchev–Trinajstić information content (AvgIpc) is 3.34. The summed E-state index contributed by atoms with van der Waals surface area (Å²) in [6.45, 7) is 2.55. The van der Waals surface area contributed by atoms with Crippen LogP contribution in [-0.2, 0) is 11.0 Å². The summed E-state index contributed by atoms with van der Waals surface area (Å²) < 4.78 is 44.9. The van der Waals surface area contributed by atoms with Gasteiger partial charge in [0.2, 0.25) is 5.91 Å². The van der Waals surface area contributed by atoms with E-state index < -0.39 is 11.9 Å². The standard InChI is InChI=1S/C22H20ClF3N4O2S/c23-15-3-5-16(6-4-15)29-8-10-30(11-9-29)20(31)7-13-33-21-27-17(18-2-1-12-32-18)14-19(28-21)22(24,25)26/h1-6,12,14H,7-11,13H2. The fourth-order valence-electron chi connectivity index (χ4n) is 3.44.